The largest absolute Gasteiger partial charge is 0.396 e. The first-order chi connectivity index (χ1) is 9.62. The van der Waals surface area contributed by atoms with Crippen LogP contribution in [0, 0.1) is 12.3 Å². The van der Waals surface area contributed by atoms with Crippen molar-refractivity contribution in [1.82, 2.24) is 5.32 Å². The van der Waals surface area contributed by atoms with Crippen LogP contribution in [0.4, 0.5) is 0 Å². The van der Waals surface area contributed by atoms with E-state index in [9.17, 15) is 5.11 Å². The van der Waals surface area contributed by atoms with Gasteiger partial charge < -0.3 is 10.4 Å². The van der Waals surface area contributed by atoms with Gasteiger partial charge in [0.1, 0.15) is 0 Å². The molecule has 0 atom stereocenters. The zero-order chi connectivity index (χ0) is 14.6. The summed E-state index contributed by atoms with van der Waals surface area (Å²) in [4.78, 5) is 0. The molecule has 1 saturated carbocycles. The fourth-order valence-electron chi connectivity index (χ4n) is 3.12. The first-order valence-corrected chi connectivity index (χ1v) is 8.03. The Morgan fingerprint density at radius 2 is 1.95 bits per heavy atom. The van der Waals surface area contributed by atoms with Gasteiger partial charge in [0.25, 0.3) is 0 Å². The normalized spacial score (nSPS) is 22.6. The summed E-state index contributed by atoms with van der Waals surface area (Å²) >= 11 is 0. The summed E-state index contributed by atoms with van der Waals surface area (Å²) in [5.74, 6) is 0.721. The van der Waals surface area contributed by atoms with Crippen LogP contribution in [0.3, 0.4) is 0 Å². The molecule has 0 unspecified atom stereocenters. The molecule has 1 aliphatic rings. The lowest BCUT2D eigenvalue weighted by atomic mass is 9.74. The van der Waals surface area contributed by atoms with Gasteiger partial charge in [0.05, 0.1) is 0 Å². The fourth-order valence-corrected chi connectivity index (χ4v) is 3.12. The maximum absolute atomic E-state index is 9.60. The Labute approximate surface area is 123 Å². The van der Waals surface area contributed by atoms with Gasteiger partial charge in [0, 0.05) is 24.6 Å². The van der Waals surface area contributed by atoms with Gasteiger partial charge in [-0.15, -0.1) is 0 Å². The maximum Gasteiger partial charge on any atom is 0.0499 e. The lowest BCUT2D eigenvalue weighted by molar-refractivity contribution is 0.103. The van der Waals surface area contributed by atoms with E-state index in [0.29, 0.717) is 12.6 Å². The predicted molar refractivity (Wildman–Crippen MR) is 85.0 cm³/mol. The third-order valence-electron chi connectivity index (χ3n) is 5.25. The van der Waals surface area contributed by atoms with Crippen molar-refractivity contribution in [3.63, 3.8) is 0 Å². The van der Waals surface area contributed by atoms with Gasteiger partial charge in [-0.2, -0.15) is 0 Å². The summed E-state index contributed by atoms with van der Waals surface area (Å²) < 4.78 is 0. The van der Waals surface area contributed by atoms with E-state index >= 15 is 0 Å². The number of aliphatic hydroxyl groups is 1. The Balaban J connectivity index is 1.79. The van der Waals surface area contributed by atoms with E-state index in [2.05, 4.69) is 50.4 Å². The van der Waals surface area contributed by atoms with Crippen molar-refractivity contribution in [1.29, 1.82) is 0 Å². The van der Waals surface area contributed by atoms with Crippen molar-refractivity contribution in [3.05, 3.63) is 35.4 Å². The Morgan fingerprint density at radius 1 is 1.25 bits per heavy atom. The average molecular weight is 275 g/mol. The third kappa shape index (κ3) is 3.42. The number of aryl methyl sites for hydroxylation is 1. The van der Waals surface area contributed by atoms with Crippen LogP contribution in [0.25, 0.3) is 0 Å². The first kappa shape index (κ1) is 15.5. The van der Waals surface area contributed by atoms with E-state index in [4.69, 9.17) is 0 Å². The summed E-state index contributed by atoms with van der Waals surface area (Å²) in [7, 11) is 0. The molecule has 0 spiro atoms. The number of hydrogen-bond acceptors (Lipinski definition) is 2. The topological polar surface area (TPSA) is 32.3 Å². The minimum atomic E-state index is 0.0778. The average Bonchev–Trinajstić information content (AvgIpc) is 2.42. The predicted octanol–water partition coefficient (Wildman–Crippen LogP) is 3.63. The Hall–Kier alpha value is -0.860. The minimum Gasteiger partial charge on any atom is -0.396 e. The number of hydrogen-bond donors (Lipinski definition) is 2. The molecular weight excluding hydrogens is 246 g/mol. The first-order valence-electron chi connectivity index (χ1n) is 8.03. The molecule has 0 aliphatic heterocycles. The molecule has 0 saturated heterocycles. The van der Waals surface area contributed by atoms with Crippen LogP contribution in [0.15, 0.2) is 24.3 Å². The molecule has 0 aromatic heterocycles. The second kappa shape index (κ2) is 6.73. The standard InChI is InChI=1S/C18H29NO/c1-4-18(5-2,13-20)12-19-17-10-16(11-17)15-8-6-7-14(3)9-15/h6-9,16-17,19-20H,4-5,10-13H2,1-3H3. The van der Waals surface area contributed by atoms with Gasteiger partial charge >= 0.3 is 0 Å². The molecule has 0 bridgehead atoms. The summed E-state index contributed by atoms with van der Waals surface area (Å²) in [6.45, 7) is 7.76. The molecule has 1 aromatic carbocycles. The van der Waals surface area contributed by atoms with E-state index in [-0.39, 0.29) is 5.41 Å². The number of rotatable bonds is 7. The zero-order valence-electron chi connectivity index (χ0n) is 13.2. The van der Waals surface area contributed by atoms with Gasteiger partial charge in [-0.3, -0.25) is 0 Å². The van der Waals surface area contributed by atoms with Crippen molar-refractivity contribution in [2.45, 2.75) is 58.4 Å². The van der Waals surface area contributed by atoms with E-state index < -0.39 is 0 Å². The lowest BCUT2D eigenvalue weighted by Gasteiger charge is -2.40. The van der Waals surface area contributed by atoms with Gasteiger partial charge in [0.15, 0.2) is 0 Å². The van der Waals surface area contributed by atoms with Crippen LogP contribution in [-0.2, 0) is 0 Å². The highest BCUT2D eigenvalue weighted by molar-refractivity contribution is 5.27. The molecule has 2 nitrogen and oxygen atoms in total. The van der Waals surface area contributed by atoms with Crippen molar-refractivity contribution < 1.29 is 5.11 Å². The Morgan fingerprint density at radius 3 is 2.50 bits per heavy atom. The van der Waals surface area contributed by atoms with Crippen LogP contribution in [0.2, 0.25) is 0 Å². The van der Waals surface area contributed by atoms with Crippen molar-refractivity contribution in [3.8, 4) is 0 Å². The third-order valence-corrected chi connectivity index (χ3v) is 5.25. The molecule has 112 valence electrons. The molecule has 0 amide bonds. The molecule has 2 N–H and O–H groups in total. The quantitative estimate of drug-likeness (QED) is 0.796. The molecule has 0 heterocycles. The van der Waals surface area contributed by atoms with E-state index in [1.807, 2.05) is 0 Å². The minimum absolute atomic E-state index is 0.0778. The smallest absolute Gasteiger partial charge is 0.0499 e. The van der Waals surface area contributed by atoms with Crippen LogP contribution in [0.1, 0.15) is 56.6 Å². The van der Waals surface area contributed by atoms with Crippen molar-refractivity contribution in [2.24, 2.45) is 5.41 Å². The fraction of sp³-hybridized carbons (Fsp3) is 0.667. The maximum atomic E-state index is 9.60. The molecule has 20 heavy (non-hydrogen) atoms. The number of aliphatic hydroxyl groups excluding tert-OH is 1. The van der Waals surface area contributed by atoms with Crippen LogP contribution in [-0.4, -0.2) is 24.3 Å². The van der Waals surface area contributed by atoms with Gasteiger partial charge in [-0.25, -0.2) is 0 Å². The van der Waals surface area contributed by atoms with Gasteiger partial charge in [0.2, 0.25) is 0 Å². The van der Waals surface area contributed by atoms with Crippen LogP contribution >= 0.6 is 0 Å². The molecule has 1 fully saturated rings. The highest BCUT2D eigenvalue weighted by Crippen LogP contribution is 2.37. The van der Waals surface area contributed by atoms with E-state index in [1.54, 1.807) is 0 Å². The van der Waals surface area contributed by atoms with Gasteiger partial charge in [-0.1, -0.05) is 43.7 Å². The molecular formula is C18H29NO. The summed E-state index contributed by atoms with van der Waals surface area (Å²) in [6, 6.07) is 9.53. The van der Waals surface area contributed by atoms with Gasteiger partial charge in [-0.05, 0) is 44.1 Å². The van der Waals surface area contributed by atoms with Crippen LogP contribution in [0.5, 0.6) is 0 Å². The molecule has 1 aliphatic carbocycles. The summed E-state index contributed by atoms with van der Waals surface area (Å²) in [6.07, 6.45) is 4.55. The van der Waals surface area contributed by atoms with Crippen molar-refractivity contribution in [2.75, 3.05) is 13.2 Å². The van der Waals surface area contributed by atoms with E-state index in [0.717, 1.165) is 25.3 Å². The Bertz CT molecular complexity index is 411. The summed E-state index contributed by atoms with van der Waals surface area (Å²) in [5, 5.41) is 13.3. The highest BCUT2D eigenvalue weighted by Gasteiger charge is 2.32. The molecule has 0 radical (unpaired) electrons. The van der Waals surface area contributed by atoms with Crippen molar-refractivity contribution >= 4 is 0 Å². The number of nitrogens with one attached hydrogen (secondary N) is 1. The van der Waals surface area contributed by atoms with E-state index in [1.165, 1.54) is 24.0 Å². The molecule has 2 rings (SSSR count). The zero-order valence-corrected chi connectivity index (χ0v) is 13.2. The SMILES string of the molecule is CCC(CC)(CO)CNC1CC(c2cccc(C)c2)C1. The summed E-state index contributed by atoms with van der Waals surface area (Å²) in [5.41, 5.74) is 2.92. The van der Waals surface area contributed by atoms with Crippen LogP contribution < -0.4 is 5.32 Å². The second-order valence-corrected chi connectivity index (χ2v) is 6.53. The molecule has 2 heteroatoms. The Kier molecular flexibility index (Phi) is 5.22. The monoisotopic (exact) mass is 275 g/mol. The molecule has 1 aromatic rings. The highest BCUT2D eigenvalue weighted by atomic mass is 16.3. The second-order valence-electron chi connectivity index (χ2n) is 6.53. The number of benzene rings is 1. The lowest BCUT2D eigenvalue weighted by Crippen LogP contribution is -2.46.